The number of fused-ring (bicyclic) bond motifs is 1. The van der Waals surface area contributed by atoms with Crippen LogP contribution in [0.25, 0.3) is 22.3 Å². The second-order valence-corrected chi connectivity index (χ2v) is 11.5. The fourth-order valence-corrected chi connectivity index (χ4v) is 5.11. The van der Waals surface area contributed by atoms with Crippen molar-refractivity contribution in [3.63, 3.8) is 0 Å². The van der Waals surface area contributed by atoms with Gasteiger partial charge >= 0.3 is 0 Å². The molecule has 7 nitrogen and oxygen atoms in total. The number of anilines is 1. The molecule has 0 spiro atoms. The number of unbranched alkanes of at least 4 members (excludes halogenated alkanes) is 2. The van der Waals surface area contributed by atoms with Gasteiger partial charge in [0.1, 0.15) is 23.6 Å². The molecule has 0 aliphatic carbocycles. The maximum absolute atomic E-state index is 6.23. The molecule has 7 heteroatoms. The highest BCUT2D eigenvalue weighted by molar-refractivity contribution is 5.93. The first-order chi connectivity index (χ1) is 17.9. The van der Waals surface area contributed by atoms with Crippen LogP contribution < -0.4 is 15.0 Å². The summed E-state index contributed by atoms with van der Waals surface area (Å²) in [7, 11) is 0. The maximum atomic E-state index is 6.23. The van der Waals surface area contributed by atoms with E-state index in [2.05, 4.69) is 77.1 Å². The van der Waals surface area contributed by atoms with Crippen molar-refractivity contribution in [2.24, 2.45) is 5.41 Å². The molecular formula is C30H46N6O. The molecule has 37 heavy (non-hydrogen) atoms. The molecule has 3 heterocycles. The van der Waals surface area contributed by atoms with E-state index in [-0.39, 0.29) is 6.10 Å². The van der Waals surface area contributed by atoms with E-state index < -0.39 is 0 Å². The number of hydrogen-bond acceptors (Lipinski definition) is 6. The standard InChI is InChI=1S/C30H46N6O/c1-6-8-9-11-22(3)37-24-13-14-26-25(18-24)29(35-34-26)27-19-28(33-21-32-27)36-17-16-31-23(20-36)12-10-15-30(4,5)7-2/h13-14,18-19,21-23,31H,6-12,15-17,20H2,1-5H3,(H,34,35). The van der Waals surface area contributed by atoms with Gasteiger partial charge in [0, 0.05) is 37.1 Å². The molecule has 2 atom stereocenters. The summed E-state index contributed by atoms with van der Waals surface area (Å²) in [5.74, 6) is 1.85. The van der Waals surface area contributed by atoms with Crippen molar-refractivity contribution in [3.05, 3.63) is 30.6 Å². The third-order valence-corrected chi connectivity index (χ3v) is 7.92. The summed E-state index contributed by atoms with van der Waals surface area (Å²) in [5, 5.41) is 12.5. The Labute approximate surface area is 222 Å². The summed E-state index contributed by atoms with van der Waals surface area (Å²) in [5.41, 5.74) is 3.10. The van der Waals surface area contributed by atoms with Crippen LogP contribution in [0, 0.1) is 5.41 Å². The van der Waals surface area contributed by atoms with Gasteiger partial charge in [-0.2, -0.15) is 5.10 Å². The van der Waals surface area contributed by atoms with Crippen LogP contribution in [0.4, 0.5) is 5.82 Å². The smallest absolute Gasteiger partial charge is 0.132 e. The minimum atomic E-state index is 0.193. The molecule has 202 valence electrons. The fraction of sp³-hybridized carbons (Fsp3) is 0.633. The largest absolute Gasteiger partial charge is 0.491 e. The number of H-pyrrole nitrogens is 1. The van der Waals surface area contributed by atoms with E-state index in [1.807, 2.05) is 12.1 Å². The average Bonchev–Trinajstić information content (AvgIpc) is 3.32. The van der Waals surface area contributed by atoms with Crippen LogP contribution in [-0.2, 0) is 0 Å². The van der Waals surface area contributed by atoms with Crippen LogP contribution in [-0.4, -0.2) is 51.9 Å². The highest BCUT2D eigenvalue weighted by Crippen LogP contribution is 2.31. The van der Waals surface area contributed by atoms with E-state index in [0.29, 0.717) is 11.5 Å². The first-order valence-electron chi connectivity index (χ1n) is 14.3. The number of piperazine rings is 1. The Morgan fingerprint density at radius 3 is 2.81 bits per heavy atom. The minimum absolute atomic E-state index is 0.193. The molecule has 0 amide bonds. The zero-order valence-electron chi connectivity index (χ0n) is 23.5. The van der Waals surface area contributed by atoms with Gasteiger partial charge in [0.05, 0.1) is 17.3 Å². The molecule has 2 aromatic heterocycles. The zero-order chi connectivity index (χ0) is 26.3. The molecule has 4 rings (SSSR count). The van der Waals surface area contributed by atoms with Gasteiger partial charge in [0.2, 0.25) is 0 Å². The van der Waals surface area contributed by atoms with Crippen LogP contribution in [0.15, 0.2) is 30.6 Å². The van der Waals surface area contributed by atoms with Crippen molar-refractivity contribution in [2.75, 3.05) is 24.5 Å². The first kappa shape index (κ1) is 27.4. The van der Waals surface area contributed by atoms with Crippen molar-refractivity contribution in [1.29, 1.82) is 0 Å². The lowest BCUT2D eigenvalue weighted by molar-refractivity contribution is 0.207. The molecule has 1 aliphatic rings. The zero-order valence-corrected chi connectivity index (χ0v) is 23.5. The Hall–Kier alpha value is -2.67. The molecular weight excluding hydrogens is 460 g/mol. The molecule has 2 unspecified atom stereocenters. The first-order valence-corrected chi connectivity index (χ1v) is 14.3. The predicted octanol–water partition coefficient (Wildman–Crippen LogP) is 6.75. The lowest BCUT2D eigenvalue weighted by Gasteiger charge is -2.35. The van der Waals surface area contributed by atoms with Gasteiger partial charge in [-0.1, -0.05) is 53.4 Å². The predicted molar refractivity (Wildman–Crippen MR) is 153 cm³/mol. The summed E-state index contributed by atoms with van der Waals surface area (Å²) in [4.78, 5) is 11.6. The van der Waals surface area contributed by atoms with Crippen molar-refractivity contribution >= 4 is 16.7 Å². The van der Waals surface area contributed by atoms with Crippen molar-refractivity contribution in [3.8, 4) is 17.1 Å². The topological polar surface area (TPSA) is 79.0 Å². The van der Waals surface area contributed by atoms with Crippen LogP contribution in [0.3, 0.4) is 0 Å². The molecule has 3 aromatic rings. The number of benzene rings is 1. The normalized spacial score (nSPS) is 17.3. The number of ether oxygens (including phenoxy) is 1. The number of aromatic amines is 1. The highest BCUT2D eigenvalue weighted by atomic mass is 16.5. The van der Waals surface area contributed by atoms with Gasteiger partial charge in [-0.05, 0) is 56.2 Å². The van der Waals surface area contributed by atoms with Crippen LogP contribution in [0.1, 0.15) is 86.0 Å². The Bertz CT molecular complexity index is 1130. The SMILES string of the molecule is CCCCCC(C)Oc1ccc2[nH]nc(-c3cc(N4CCNC(CCCC(C)(C)CC)C4)ncn3)c2c1. The van der Waals surface area contributed by atoms with Crippen molar-refractivity contribution in [1.82, 2.24) is 25.5 Å². The minimum Gasteiger partial charge on any atom is -0.491 e. The Morgan fingerprint density at radius 2 is 2.00 bits per heavy atom. The number of aromatic nitrogens is 4. The second-order valence-electron chi connectivity index (χ2n) is 11.5. The molecule has 0 saturated carbocycles. The summed E-state index contributed by atoms with van der Waals surface area (Å²) >= 11 is 0. The van der Waals surface area contributed by atoms with E-state index in [4.69, 9.17) is 4.74 Å². The van der Waals surface area contributed by atoms with Gasteiger partial charge < -0.3 is 15.0 Å². The van der Waals surface area contributed by atoms with Crippen LogP contribution in [0.5, 0.6) is 5.75 Å². The monoisotopic (exact) mass is 506 g/mol. The molecule has 0 bridgehead atoms. The van der Waals surface area contributed by atoms with Crippen LogP contribution >= 0.6 is 0 Å². The lowest BCUT2D eigenvalue weighted by Crippen LogP contribution is -2.51. The molecule has 1 aliphatic heterocycles. The number of hydrogen-bond donors (Lipinski definition) is 2. The van der Waals surface area contributed by atoms with E-state index in [0.717, 1.165) is 59.9 Å². The summed E-state index contributed by atoms with van der Waals surface area (Å²) in [6, 6.07) is 8.73. The quantitative estimate of drug-likeness (QED) is 0.250. The Balaban J connectivity index is 1.44. The molecule has 2 N–H and O–H groups in total. The van der Waals surface area contributed by atoms with E-state index in [9.17, 15) is 0 Å². The van der Waals surface area contributed by atoms with E-state index in [1.165, 1.54) is 44.9 Å². The van der Waals surface area contributed by atoms with Gasteiger partial charge in [-0.3, -0.25) is 5.10 Å². The molecule has 1 aromatic carbocycles. The van der Waals surface area contributed by atoms with Gasteiger partial charge in [-0.25, -0.2) is 9.97 Å². The van der Waals surface area contributed by atoms with Gasteiger partial charge in [-0.15, -0.1) is 0 Å². The summed E-state index contributed by atoms with van der Waals surface area (Å²) < 4.78 is 6.23. The van der Waals surface area contributed by atoms with E-state index in [1.54, 1.807) is 6.33 Å². The van der Waals surface area contributed by atoms with Gasteiger partial charge in [0.15, 0.2) is 0 Å². The van der Waals surface area contributed by atoms with Crippen molar-refractivity contribution in [2.45, 2.75) is 98.1 Å². The van der Waals surface area contributed by atoms with Crippen molar-refractivity contribution < 1.29 is 4.74 Å². The number of rotatable bonds is 13. The Kier molecular flexibility index (Phi) is 9.41. The number of nitrogens with one attached hydrogen (secondary N) is 2. The average molecular weight is 507 g/mol. The Morgan fingerprint density at radius 1 is 1.14 bits per heavy atom. The second kappa shape index (κ2) is 12.7. The third-order valence-electron chi connectivity index (χ3n) is 7.92. The fourth-order valence-electron chi connectivity index (χ4n) is 5.11. The summed E-state index contributed by atoms with van der Waals surface area (Å²) in [6.45, 7) is 14.3. The molecule has 1 fully saturated rings. The molecule has 0 radical (unpaired) electrons. The highest BCUT2D eigenvalue weighted by Gasteiger charge is 2.23. The maximum Gasteiger partial charge on any atom is 0.132 e. The van der Waals surface area contributed by atoms with E-state index >= 15 is 0 Å². The number of nitrogens with zero attached hydrogens (tertiary/aromatic N) is 4. The summed E-state index contributed by atoms with van der Waals surface area (Å²) in [6.07, 6.45) is 11.6. The third kappa shape index (κ3) is 7.44. The lowest BCUT2D eigenvalue weighted by atomic mass is 9.84. The molecule has 1 saturated heterocycles. The van der Waals surface area contributed by atoms with Gasteiger partial charge in [0.25, 0.3) is 0 Å². The van der Waals surface area contributed by atoms with Crippen LogP contribution in [0.2, 0.25) is 0 Å².